The summed E-state index contributed by atoms with van der Waals surface area (Å²) >= 11 is 20.5. The number of hydrogen-bond acceptors (Lipinski definition) is 13. The number of benzene rings is 6. The van der Waals surface area contributed by atoms with Gasteiger partial charge in [0.25, 0.3) is 0 Å². The van der Waals surface area contributed by atoms with Gasteiger partial charge in [-0.15, -0.1) is 30.6 Å². The first-order valence-electron chi connectivity index (χ1n) is 29.9. The molecule has 0 N–H and O–H groups in total. The predicted octanol–water partition coefficient (Wildman–Crippen LogP) is 14.5. The van der Waals surface area contributed by atoms with Crippen LogP contribution in [0.1, 0.15) is 39.5 Å². The standard InChI is InChI=1S/C23H19ClFN5O.C23H22ClN5.C23H21ClN4O2/c24-20-19-21(15-7-2-1-3-8-15)28-30(14-18(31)29-11-4-5-12-29)23(19)27-26-22(20)16-9-6-10-17(25)13-16;24-20-19-21(17-9-3-1-4-10-17)27-29(16-15-28-13-7-8-14-28)23(19)26-25-22(20)18-11-5-2-6-12-18;1-15(2)14-30-18(29)13-28-23-19(21(27-28)16-9-5-3-6-10-16)20(24)22(25-26-23)17-11-7-4-8-12-17/h1-3,6-10,13H,4-5,11-12,14H2;1-6,9-12H,7-8,13-16H2;3-12,15H,13-14H2,1-2H3. The molecular formula is C69H62Cl3FN14O3. The van der Waals surface area contributed by atoms with Gasteiger partial charge in [-0.3, -0.25) is 9.59 Å². The lowest BCUT2D eigenvalue weighted by Gasteiger charge is -2.15. The second-order valence-corrected chi connectivity index (χ2v) is 23.5. The zero-order valence-corrected chi connectivity index (χ0v) is 51.8. The Morgan fingerprint density at radius 1 is 0.444 bits per heavy atom. The summed E-state index contributed by atoms with van der Waals surface area (Å²) in [5.74, 6) is -0.511. The van der Waals surface area contributed by atoms with Gasteiger partial charge in [0, 0.05) is 53.0 Å². The highest BCUT2D eigenvalue weighted by Crippen LogP contribution is 2.41. The van der Waals surface area contributed by atoms with Gasteiger partial charge in [-0.2, -0.15) is 15.3 Å². The molecule has 0 aliphatic carbocycles. The second-order valence-electron chi connectivity index (χ2n) is 22.3. The van der Waals surface area contributed by atoms with E-state index in [9.17, 15) is 14.0 Å². The number of hydrogen-bond donors (Lipinski definition) is 0. The number of fused-ring (bicyclic) bond motifs is 3. The fraction of sp³-hybridized carbons (Fsp3) is 0.232. The van der Waals surface area contributed by atoms with Crippen molar-refractivity contribution in [2.45, 2.75) is 59.2 Å². The molecule has 2 saturated heterocycles. The summed E-state index contributed by atoms with van der Waals surface area (Å²) in [5, 5.41) is 44.1. The molecular weight excluding hydrogens is 1200 g/mol. The van der Waals surface area contributed by atoms with Crippen LogP contribution in [-0.4, -0.2) is 121 Å². The van der Waals surface area contributed by atoms with E-state index in [1.165, 1.54) is 29.7 Å². The molecule has 2 aliphatic rings. The van der Waals surface area contributed by atoms with Crippen LogP contribution < -0.4 is 0 Å². The highest BCUT2D eigenvalue weighted by Gasteiger charge is 2.27. The van der Waals surface area contributed by atoms with Crippen molar-refractivity contribution in [3.63, 3.8) is 0 Å². The summed E-state index contributed by atoms with van der Waals surface area (Å²) in [6.07, 6.45) is 4.59. The minimum absolute atomic E-state index is 0.00589. The minimum atomic E-state index is -0.384. The van der Waals surface area contributed by atoms with Crippen molar-refractivity contribution in [3.8, 4) is 67.5 Å². The second kappa shape index (κ2) is 28.0. The van der Waals surface area contributed by atoms with Crippen molar-refractivity contribution in [1.82, 2.24) is 69.7 Å². The molecule has 0 radical (unpaired) electrons. The van der Waals surface area contributed by atoms with Crippen molar-refractivity contribution in [2.24, 2.45) is 5.92 Å². The molecule has 17 nitrogen and oxygen atoms in total. The first-order chi connectivity index (χ1) is 44.0. The number of aromatic nitrogens is 12. The monoisotopic (exact) mass is 1260 g/mol. The number of amides is 1. The maximum atomic E-state index is 13.8. The van der Waals surface area contributed by atoms with Gasteiger partial charge >= 0.3 is 5.97 Å². The summed E-state index contributed by atoms with van der Waals surface area (Å²) in [6.45, 7) is 9.92. The van der Waals surface area contributed by atoms with Gasteiger partial charge < -0.3 is 14.5 Å². The van der Waals surface area contributed by atoms with Crippen molar-refractivity contribution in [2.75, 3.05) is 39.3 Å². The lowest BCUT2D eigenvalue weighted by molar-refractivity contribution is -0.145. The highest BCUT2D eigenvalue weighted by atomic mass is 35.5. The van der Waals surface area contributed by atoms with E-state index in [1.54, 1.807) is 16.8 Å². The Hall–Kier alpha value is -9.33. The Balaban J connectivity index is 0.000000131. The van der Waals surface area contributed by atoms with Gasteiger partial charge in [-0.05, 0) is 56.8 Å². The maximum absolute atomic E-state index is 13.8. The summed E-state index contributed by atoms with van der Waals surface area (Å²) < 4.78 is 24.1. The quantitative estimate of drug-likeness (QED) is 0.0885. The van der Waals surface area contributed by atoms with Crippen LogP contribution in [0, 0.1) is 11.7 Å². The molecule has 21 heteroatoms. The lowest BCUT2D eigenvalue weighted by atomic mass is 10.1. The Bertz CT molecular complexity index is 4470. The molecule has 1 amide bonds. The molecule has 12 aromatic rings. The van der Waals surface area contributed by atoms with E-state index in [4.69, 9.17) is 49.7 Å². The molecule has 14 rings (SSSR count). The van der Waals surface area contributed by atoms with Crippen LogP contribution in [0.2, 0.25) is 15.1 Å². The highest BCUT2D eigenvalue weighted by molar-refractivity contribution is 6.40. The fourth-order valence-corrected chi connectivity index (χ4v) is 12.0. The van der Waals surface area contributed by atoms with E-state index in [2.05, 4.69) is 52.7 Å². The van der Waals surface area contributed by atoms with Crippen molar-refractivity contribution < 1.29 is 18.7 Å². The van der Waals surface area contributed by atoms with E-state index in [-0.39, 0.29) is 36.7 Å². The minimum Gasteiger partial charge on any atom is -0.464 e. The number of likely N-dealkylation sites (tertiary alicyclic amines) is 2. The van der Waals surface area contributed by atoms with E-state index in [0.717, 1.165) is 96.7 Å². The van der Waals surface area contributed by atoms with Crippen LogP contribution in [0.4, 0.5) is 4.39 Å². The Morgan fingerprint density at radius 3 is 1.23 bits per heavy atom. The van der Waals surface area contributed by atoms with Crippen molar-refractivity contribution in [3.05, 3.63) is 197 Å². The number of nitrogens with zero attached hydrogens (tertiary/aromatic N) is 14. The van der Waals surface area contributed by atoms with Gasteiger partial charge in [0.15, 0.2) is 16.9 Å². The van der Waals surface area contributed by atoms with Crippen LogP contribution >= 0.6 is 34.8 Å². The Labute approximate surface area is 534 Å². The molecule has 8 heterocycles. The Morgan fingerprint density at radius 2 is 0.811 bits per heavy atom. The summed E-state index contributed by atoms with van der Waals surface area (Å²) in [5.41, 5.74) is 10.5. The van der Waals surface area contributed by atoms with Crippen molar-refractivity contribution >= 4 is 79.8 Å². The molecule has 90 heavy (non-hydrogen) atoms. The number of carbonyl (C=O) groups excluding carboxylic acids is 2. The normalized spacial score (nSPS) is 13.2. The molecule has 0 atom stereocenters. The third-order valence-corrected chi connectivity index (χ3v) is 16.7. The number of halogens is 4. The molecule has 6 aromatic heterocycles. The average Bonchev–Trinajstić information content (AvgIpc) is 1.72. The molecule has 454 valence electrons. The van der Waals surface area contributed by atoms with Gasteiger partial charge in [-0.1, -0.05) is 212 Å². The van der Waals surface area contributed by atoms with Crippen LogP contribution in [0.15, 0.2) is 176 Å². The van der Waals surface area contributed by atoms with Gasteiger partial charge in [0.2, 0.25) is 5.91 Å². The first-order valence-corrected chi connectivity index (χ1v) is 31.1. The number of ether oxygens (including phenoxy) is 1. The molecule has 0 bridgehead atoms. The molecule has 6 aromatic carbocycles. The molecule has 0 saturated carbocycles. The zero-order valence-electron chi connectivity index (χ0n) is 49.5. The van der Waals surface area contributed by atoms with Gasteiger partial charge in [0.1, 0.15) is 53.1 Å². The predicted molar refractivity (Wildman–Crippen MR) is 351 cm³/mol. The smallest absolute Gasteiger partial charge is 0.327 e. The van der Waals surface area contributed by atoms with E-state index in [0.29, 0.717) is 77.8 Å². The summed E-state index contributed by atoms with van der Waals surface area (Å²) in [4.78, 5) is 29.4. The molecule has 0 spiro atoms. The Kier molecular flexibility index (Phi) is 19.0. The summed E-state index contributed by atoms with van der Waals surface area (Å²) in [6, 6.07) is 55.1. The molecule has 2 aliphatic heterocycles. The first kappa shape index (κ1) is 60.9. The van der Waals surface area contributed by atoms with Gasteiger partial charge in [-0.25, -0.2) is 18.4 Å². The largest absolute Gasteiger partial charge is 0.464 e. The van der Waals surface area contributed by atoms with E-state index < -0.39 is 0 Å². The number of esters is 1. The van der Waals surface area contributed by atoms with E-state index in [1.807, 2.05) is 163 Å². The van der Waals surface area contributed by atoms with Gasteiger partial charge in [0.05, 0.1) is 44.4 Å². The maximum Gasteiger partial charge on any atom is 0.327 e. The number of rotatable bonds is 15. The van der Waals surface area contributed by atoms with Crippen LogP contribution in [-0.2, 0) is 34.0 Å². The fourth-order valence-electron chi connectivity index (χ4n) is 11.1. The lowest BCUT2D eigenvalue weighted by Crippen LogP contribution is -2.31. The summed E-state index contributed by atoms with van der Waals surface area (Å²) in [7, 11) is 0. The topological polar surface area (TPSA) is 181 Å². The SMILES string of the molecule is CC(C)COC(=O)Cn1nc(-c2ccccc2)c2c(Cl)c(-c3ccccc3)nnc21.Clc1c(-c2ccccc2)nnc2c1c(-c1ccccc1)nn2CCN1CCCC1.O=C(Cn1nc(-c2ccccc2)c2c(Cl)c(-c3cccc(F)c3)nnc21)N1CCCC1. The van der Waals surface area contributed by atoms with Crippen molar-refractivity contribution in [1.29, 1.82) is 0 Å². The van der Waals surface area contributed by atoms with Crippen LogP contribution in [0.5, 0.6) is 0 Å². The average molecular weight is 1260 g/mol. The third-order valence-electron chi connectivity index (χ3n) is 15.6. The van der Waals surface area contributed by atoms with Crippen LogP contribution in [0.25, 0.3) is 101 Å². The van der Waals surface area contributed by atoms with Crippen LogP contribution in [0.3, 0.4) is 0 Å². The third kappa shape index (κ3) is 13.5. The zero-order chi connectivity index (χ0) is 62.1. The van der Waals surface area contributed by atoms with E-state index >= 15 is 0 Å². The number of carbonyl (C=O) groups is 2. The molecule has 2 fully saturated rings. The molecule has 0 unspecified atom stereocenters.